The SMILES string of the molecule is C=CCN1CCC[C@@H]1CNC(=O)c1cc(CCCSC2CC(=O)N(CCCCCC(=O)NCCOCCOCCOCCOCCC(=O)N[C@@H](Cc3cnc[nH]3)C(=O)N[C@@H](C)C(=O)N[C@H](C(=O)N[C@@H](Cc3ccc(O)cc3)C(=O)N3CCC[C@H]3C(=O)N[C@@H](CCCN=C(N)N)C(=O)N[C@@H](Cc3cnc[nH]3)C(=O)O)[C@@H](C)CC)C2=O)cc(OC)c1OC. The molecule has 39 heteroatoms. The van der Waals surface area contributed by atoms with Crippen LogP contribution in [0.1, 0.15) is 144 Å². The number of H-pyrrole nitrogens is 2. The summed E-state index contributed by atoms with van der Waals surface area (Å²) in [4.78, 5) is 186. The maximum absolute atomic E-state index is 14.9. The van der Waals surface area contributed by atoms with Gasteiger partial charge in [0.15, 0.2) is 17.5 Å². The van der Waals surface area contributed by atoms with Gasteiger partial charge in [0.2, 0.25) is 59.1 Å². The lowest BCUT2D eigenvalue weighted by Gasteiger charge is -2.32. The second-order valence-corrected chi connectivity index (χ2v) is 31.2. The Morgan fingerprint density at radius 1 is 0.694 bits per heavy atom. The summed E-state index contributed by atoms with van der Waals surface area (Å²) >= 11 is 1.46. The highest BCUT2D eigenvalue weighted by Crippen LogP contribution is 2.34. The van der Waals surface area contributed by atoms with E-state index in [4.69, 9.17) is 39.9 Å². The number of carbonyl (C=O) groups excluding carboxylic acids is 11. The number of amides is 11. The lowest BCUT2D eigenvalue weighted by atomic mass is 9.96. The van der Waals surface area contributed by atoms with Gasteiger partial charge in [0.25, 0.3) is 5.91 Å². The molecule has 3 fully saturated rings. The van der Waals surface area contributed by atoms with Crippen LogP contribution in [0.25, 0.3) is 0 Å². The molecule has 666 valence electrons. The second-order valence-electron chi connectivity index (χ2n) is 29.9. The molecule has 2 aromatic heterocycles. The van der Waals surface area contributed by atoms with Gasteiger partial charge < -0.3 is 108 Å². The van der Waals surface area contributed by atoms with Gasteiger partial charge in [-0.3, -0.25) is 67.5 Å². The molecular formula is C82H122N18O20S. The summed E-state index contributed by atoms with van der Waals surface area (Å²) in [7, 11) is 3.04. The lowest BCUT2D eigenvalue weighted by molar-refractivity contribution is -0.143. The van der Waals surface area contributed by atoms with E-state index in [1.165, 1.54) is 79.9 Å². The van der Waals surface area contributed by atoms with E-state index >= 15 is 0 Å². The zero-order valence-corrected chi connectivity index (χ0v) is 70.7. The van der Waals surface area contributed by atoms with Crippen molar-refractivity contribution in [1.82, 2.24) is 77.2 Å². The fourth-order valence-corrected chi connectivity index (χ4v) is 15.2. The number of likely N-dealkylation sites (tertiary alicyclic amines) is 3. The number of rotatable bonds is 58. The number of imide groups is 1. The average molecular weight is 1710 g/mol. The van der Waals surface area contributed by atoms with Gasteiger partial charge in [-0.2, -0.15) is 0 Å². The van der Waals surface area contributed by atoms with Crippen LogP contribution in [0.5, 0.6) is 17.2 Å². The number of methoxy groups -OCH3 is 2. The number of aliphatic carboxylic acids is 1. The Kier molecular flexibility index (Phi) is 42.2. The molecule has 3 aliphatic rings. The second kappa shape index (κ2) is 52.4. The number of phenols is 1. The summed E-state index contributed by atoms with van der Waals surface area (Å²) in [6.45, 7) is 13.5. The monoisotopic (exact) mass is 1710 g/mol. The third kappa shape index (κ3) is 33.0. The number of thioether (sulfide) groups is 1. The molecule has 16 N–H and O–H groups in total. The van der Waals surface area contributed by atoms with Crippen LogP contribution in [-0.2, 0) is 97.4 Å². The van der Waals surface area contributed by atoms with Crippen molar-refractivity contribution >= 4 is 88.7 Å². The topological polar surface area (TPSA) is 528 Å². The van der Waals surface area contributed by atoms with Crippen LogP contribution < -0.4 is 63.5 Å². The van der Waals surface area contributed by atoms with Gasteiger partial charge in [-0.1, -0.05) is 44.9 Å². The van der Waals surface area contributed by atoms with Crippen LogP contribution in [0.2, 0.25) is 0 Å². The number of aromatic amines is 2. The first-order chi connectivity index (χ1) is 58.3. The number of benzene rings is 2. The van der Waals surface area contributed by atoms with E-state index in [0.717, 1.165) is 31.5 Å². The van der Waals surface area contributed by atoms with E-state index in [9.17, 15) is 67.7 Å². The van der Waals surface area contributed by atoms with Crippen LogP contribution in [-0.4, -0.2) is 294 Å². The molecule has 0 saturated carbocycles. The first-order valence-corrected chi connectivity index (χ1v) is 42.4. The minimum absolute atomic E-state index is 0.0183. The summed E-state index contributed by atoms with van der Waals surface area (Å²) in [5.41, 5.74) is 13.8. The zero-order chi connectivity index (χ0) is 87.6. The zero-order valence-electron chi connectivity index (χ0n) is 69.9. The van der Waals surface area contributed by atoms with Gasteiger partial charge >= 0.3 is 5.97 Å². The number of aliphatic imine (C=N–C) groups is 1. The van der Waals surface area contributed by atoms with Gasteiger partial charge in [-0.25, -0.2) is 14.8 Å². The molecule has 7 rings (SSSR count). The molecule has 0 radical (unpaired) electrons. The Morgan fingerprint density at radius 2 is 1.36 bits per heavy atom. The molecule has 10 atom stereocenters. The number of unbranched alkanes of at least 4 members (excludes halogenated alkanes) is 2. The van der Waals surface area contributed by atoms with Crippen LogP contribution >= 0.6 is 11.8 Å². The summed E-state index contributed by atoms with van der Waals surface area (Å²) in [5.74, 6) is -6.48. The van der Waals surface area contributed by atoms with Crippen LogP contribution in [0.3, 0.4) is 0 Å². The lowest BCUT2D eigenvalue weighted by Crippen LogP contribution is -2.61. The van der Waals surface area contributed by atoms with E-state index < -0.39 is 101 Å². The molecule has 3 aliphatic heterocycles. The van der Waals surface area contributed by atoms with Gasteiger partial charge in [-0.15, -0.1) is 18.3 Å². The van der Waals surface area contributed by atoms with Crippen LogP contribution in [0.4, 0.5) is 0 Å². The number of carbonyl (C=O) groups is 12. The number of nitrogens with one attached hydrogen (secondary N) is 10. The Hall–Kier alpha value is -10.7. The summed E-state index contributed by atoms with van der Waals surface area (Å²) in [5, 5.41) is 41.7. The minimum Gasteiger partial charge on any atom is -0.508 e. The highest BCUT2D eigenvalue weighted by atomic mass is 32.2. The maximum Gasteiger partial charge on any atom is 0.326 e. The van der Waals surface area contributed by atoms with Crippen molar-refractivity contribution in [2.75, 3.05) is 119 Å². The predicted octanol–water partition coefficient (Wildman–Crippen LogP) is 0.994. The van der Waals surface area contributed by atoms with E-state index in [2.05, 4.69) is 78.9 Å². The van der Waals surface area contributed by atoms with Crippen LogP contribution in [0.15, 0.2) is 79.1 Å². The average Bonchev–Trinajstić information content (AvgIpc) is 1.80. The number of ether oxygens (including phenoxy) is 6. The van der Waals surface area contributed by atoms with Crippen molar-refractivity contribution in [2.45, 2.75) is 190 Å². The van der Waals surface area contributed by atoms with E-state index in [0.29, 0.717) is 111 Å². The number of carboxylic acids is 1. The minimum atomic E-state index is -1.41. The molecule has 1 unspecified atom stereocenters. The first kappa shape index (κ1) is 97.4. The number of carboxylic acid groups (broad SMARTS) is 1. The fraction of sp³-hybridized carbons (Fsp3) is 0.598. The molecule has 0 aliphatic carbocycles. The van der Waals surface area contributed by atoms with Crippen LogP contribution in [0, 0.1) is 5.92 Å². The van der Waals surface area contributed by atoms with Gasteiger partial charge in [0.05, 0.1) is 90.5 Å². The van der Waals surface area contributed by atoms with Crippen molar-refractivity contribution in [1.29, 1.82) is 0 Å². The third-order valence-corrected chi connectivity index (χ3v) is 22.2. The summed E-state index contributed by atoms with van der Waals surface area (Å²) < 4.78 is 33.6. The largest absolute Gasteiger partial charge is 0.508 e. The number of aromatic nitrogens is 4. The normalized spacial score (nSPS) is 17.0. The van der Waals surface area contributed by atoms with Gasteiger partial charge in [0.1, 0.15) is 48.0 Å². The Labute approximate surface area is 709 Å². The summed E-state index contributed by atoms with van der Waals surface area (Å²) in [6, 6.07) is 0.857. The van der Waals surface area contributed by atoms with Gasteiger partial charge in [-0.05, 0) is 125 Å². The highest BCUT2D eigenvalue weighted by Gasteiger charge is 2.42. The van der Waals surface area contributed by atoms with Crippen molar-refractivity contribution in [3.05, 3.63) is 102 Å². The molecular weight excluding hydrogens is 1590 g/mol. The quantitative estimate of drug-likeness (QED) is 0.00963. The predicted molar refractivity (Wildman–Crippen MR) is 447 cm³/mol. The molecule has 38 nitrogen and oxygen atoms in total. The Morgan fingerprint density at radius 3 is 2.00 bits per heavy atom. The molecule has 0 spiro atoms. The Bertz CT molecular complexity index is 4020. The molecule has 0 bridgehead atoms. The van der Waals surface area contributed by atoms with E-state index in [-0.39, 0.29) is 159 Å². The van der Waals surface area contributed by atoms with Crippen molar-refractivity contribution in [3.63, 3.8) is 0 Å². The first-order valence-electron chi connectivity index (χ1n) is 41.3. The molecule has 4 aromatic rings. The standard InChI is InChI=1S/C82H122N18O20S/c1-7-28-98-29-13-17-58(98)49-89-74(106)60-41-55(43-66(115-5)72(60)116-6)16-15-40-121-67-46-70(104)100(80(67)112)30-11-9-10-20-68(102)87-27-33-118-35-37-120-39-38-119-36-34-117-32-25-69(103)93-62(44-56-47-85-50-90-56)76(108)92-53(4)73(105)97-71(52(3)8-2)78(110)95-63(42-54-21-23-59(101)24-22-54)79(111)99-31-14-19-65(99)77(109)94-61(18-12-26-88-82(83)84)75(107)96-64(81(113)114)45-57-48-86-51-91-57/h7,21-24,41,43,47-48,50-53,58,61-65,67,71,101H,1,8-20,25-40,42,44-46,49H2,2-6H3,(H,85,90)(H,86,91)(H,87,102)(H,89,106)(H,92,108)(H,93,103)(H,94,109)(H,95,110)(H,96,107)(H,97,105)(H,113,114)(H4,83,84,88)/t52-,53-,58+,61-,62-,63-,64-,65-,67?,71-/m0/s1. The number of aromatic hydroxyl groups is 1. The molecule has 121 heavy (non-hydrogen) atoms. The maximum atomic E-state index is 14.9. The number of aryl methyl sites for hydroxylation is 1. The Balaban J connectivity index is 0.750. The fourth-order valence-electron chi connectivity index (χ4n) is 14.1. The number of guanidine groups is 1. The third-order valence-electron chi connectivity index (χ3n) is 20.9. The molecule has 11 amide bonds. The number of nitrogens with two attached hydrogens (primary N) is 2. The van der Waals surface area contributed by atoms with Crippen molar-refractivity contribution < 1.29 is 96.2 Å². The molecule has 2 aromatic carbocycles. The van der Waals surface area contributed by atoms with E-state index in [1.807, 2.05) is 18.2 Å². The smallest absolute Gasteiger partial charge is 0.326 e. The van der Waals surface area contributed by atoms with Gasteiger partial charge in [0, 0.05) is 108 Å². The number of hydrogen-bond donors (Lipinski definition) is 14. The van der Waals surface area contributed by atoms with Crippen molar-refractivity contribution in [3.8, 4) is 17.2 Å². The molecule has 5 heterocycles. The number of nitrogens with zero attached hydrogens (tertiary/aromatic N) is 6. The summed E-state index contributed by atoms with van der Waals surface area (Å²) in [6.07, 6.45) is 13.8. The van der Waals surface area contributed by atoms with E-state index in [1.54, 1.807) is 26.0 Å². The molecule has 3 saturated heterocycles. The van der Waals surface area contributed by atoms with Crippen molar-refractivity contribution in [2.24, 2.45) is 22.4 Å². The number of phenolic OH excluding ortho intramolecular Hbond substituents is 1. The number of imidazole rings is 2. The number of hydrogen-bond acceptors (Lipinski definition) is 24. The highest BCUT2D eigenvalue weighted by molar-refractivity contribution is 8.00.